The minimum Gasteiger partial charge on any atom is -0.347 e. The van der Waals surface area contributed by atoms with Crippen LogP contribution in [0.4, 0.5) is 35.1 Å². The summed E-state index contributed by atoms with van der Waals surface area (Å²) >= 11 is 0. The molecule has 2 aromatic carbocycles. The van der Waals surface area contributed by atoms with Gasteiger partial charge >= 0.3 is 12.4 Å². The molecule has 2 aliphatic carbocycles. The molecule has 24 nitrogen and oxygen atoms in total. The average molecular weight is 1460 g/mol. The van der Waals surface area contributed by atoms with Crippen molar-refractivity contribution in [2.45, 2.75) is 196 Å². The number of aryl methyl sites for hydroxylation is 1. The molecule has 0 unspecified atom stereocenters. The molecule has 12 amide bonds. The van der Waals surface area contributed by atoms with Crippen LogP contribution in [0.2, 0.25) is 0 Å². The molecular formula is C71H96F8N12O12. The number of carbonyl (C=O) groups excluding carboxylic acids is 12. The first-order chi connectivity index (χ1) is 48.3. The van der Waals surface area contributed by atoms with E-state index in [1.54, 1.807) is 32.9 Å². The third kappa shape index (κ3) is 19.0. The largest absolute Gasteiger partial charge is 0.422 e. The van der Waals surface area contributed by atoms with Gasteiger partial charge in [-0.05, 0) is 124 Å². The Morgan fingerprint density at radius 3 is 1.82 bits per heavy atom. The summed E-state index contributed by atoms with van der Waals surface area (Å²) in [5, 5.41) is 8.18. The molecule has 568 valence electrons. The van der Waals surface area contributed by atoms with E-state index in [-0.39, 0.29) is 69.2 Å². The van der Waals surface area contributed by atoms with Crippen LogP contribution in [0.15, 0.2) is 48.6 Å². The maximum absolute atomic E-state index is 15.3. The molecule has 3 heterocycles. The Morgan fingerprint density at radius 2 is 1.25 bits per heavy atom. The number of carbonyl (C=O) groups is 12. The predicted molar refractivity (Wildman–Crippen MR) is 359 cm³/mol. The summed E-state index contributed by atoms with van der Waals surface area (Å²) in [6.45, 7) is 3.07. The number of halogens is 8. The Labute approximate surface area is 594 Å². The van der Waals surface area contributed by atoms with Crippen molar-refractivity contribution in [2.75, 3.05) is 82.6 Å². The zero-order chi connectivity index (χ0) is 76.5. The van der Waals surface area contributed by atoms with Gasteiger partial charge < -0.3 is 60.0 Å². The maximum atomic E-state index is 15.3. The van der Waals surface area contributed by atoms with Crippen molar-refractivity contribution in [3.05, 3.63) is 82.4 Å². The Morgan fingerprint density at radius 1 is 0.631 bits per heavy atom. The van der Waals surface area contributed by atoms with Crippen LogP contribution in [0.3, 0.4) is 0 Å². The highest BCUT2D eigenvalue weighted by Gasteiger charge is 2.53. The van der Waals surface area contributed by atoms with Gasteiger partial charge in [0.15, 0.2) is 0 Å². The van der Waals surface area contributed by atoms with E-state index in [2.05, 4.69) is 16.0 Å². The van der Waals surface area contributed by atoms with Gasteiger partial charge in [0.2, 0.25) is 70.9 Å². The molecule has 7 rings (SSSR count). The van der Waals surface area contributed by atoms with Crippen LogP contribution >= 0.6 is 0 Å². The Bertz CT molecular complexity index is 3510. The van der Waals surface area contributed by atoms with Crippen LogP contribution in [0.25, 0.3) is 0 Å². The third-order valence-corrected chi connectivity index (χ3v) is 21.0. The monoisotopic (exact) mass is 1460 g/mol. The van der Waals surface area contributed by atoms with Crippen molar-refractivity contribution in [1.29, 1.82) is 0 Å². The maximum Gasteiger partial charge on any atom is 0.422 e. The highest BCUT2D eigenvalue weighted by Crippen LogP contribution is 2.39. The summed E-state index contributed by atoms with van der Waals surface area (Å²) in [4.78, 5) is 188. The second-order valence-corrected chi connectivity index (χ2v) is 28.2. The number of hydrogen-bond donors (Lipinski definition) is 3. The van der Waals surface area contributed by atoms with Crippen molar-refractivity contribution < 1.29 is 92.7 Å². The molecule has 3 aliphatic heterocycles. The lowest BCUT2D eigenvalue weighted by atomic mass is 9.74. The van der Waals surface area contributed by atoms with Crippen LogP contribution in [0.1, 0.15) is 139 Å². The van der Waals surface area contributed by atoms with Gasteiger partial charge in [-0.25, -0.2) is 8.78 Å². The van der Waals surface area contributed by atoms with Crippen LogP contribution in [-0.2, 0) is 82.7 Å². The molecule has 2 saturated heterocycles. The summed E-state index contributed by atoms with van der Waals surface area (Å²) in [6, 6.07) is -6.97. The number of fused-ring (bicyclic) bond motifs is 3. The van der Waals surface area contributed by atoms with Gasteiger partial charge in [0.1, 0.15) is 71.1 Å². The fourth-order valence-electron chi connectivity index (χ4n) is 14.4. The van der Waals surface area contributed by atoms with Crippen molar-refractivity contribution in [1.82, 2.24) is 60.0 Å². The summed E-state index contributed by atoms with van der Waals surface area (Å²) in [5.41, 5.74) is -5.14. The first-order valence-corrected chi connectivity index (χ1v) is 34.9. The predicted octanol–water partition coefficient (Wildman–Crippen LogP) is 5.09. The molecule has 0 aromatic heterocycles. The number of alkyl halides is 6. The zero-order valence-electron chi connectivity index (χ0n) is 60.2. The van der Waals surface area contributed by atoms with E-state index in [4.69, 9.17) is 0 Å². The van der Waals surface area contributed by atoms with Crippen LogP contribution in [-0.4, -0.2) is 251 Å². The Balaban J connectivity index is 1.31. The quantitative estimate of drug-likeness (QED) is 0.208. The van der Waals surface area contributed by atoms with Crippen molar-refractivity contribution in [3.8, 4) is 0 Å². The van der Waals surface area contributed by atoms with Gasteiger partial charge in [-0.2, -0.15) is 26.3 Å². The van der Waals surface area contributed by atoms with E-state index in [0.29, 0.717) is 50.7 Å². The second-order valence-electron chi connectivity index (χ2n) is 28.2. The number of nitrogens with zero attached hydrogens (tertiary/aromatic N) is 9. The fraction of sp³-hybridized carbons (Fsp3) is 0.634. The molecule has 5 aliphatic rings. The summed E-state index contributed by atoms with van der Waals surface area (Å²) in [5.74, 6) is -14.9. The van der Waals surface area contributed by atoms with E-state index in [0.717, 1.165) is 65.6 Å². The molecule has 0 radical (unpaired) electrons. The van der Waals surface area contributed by atoms with Crippen LogP contribution in [0, 0.1) is 23.5 Å². The smallest absolute Gasteiger partial charge is 0.347 e. The summed E-state index contributed by atoms with van der Waals surface area (Å²) in [7, 11) is 10.6. The summed E-state index contributed by atoms with van der Waals surface area (Å²) < 4.78 is 113. The molecule has 1 spiro atoms. The van der Waals surface area contributed by atoms with Gasteiger partial charge in [-0.3, -0.25) is 57.5 Å². The van der Waals surface area contributed by atoms with Crippen molar-refractivity contribution >= 4 is 70.9 Å². The number of likely N-dealkylation sites (N-methyl/N-ethyl adjacent to an activating group) is 7. The minimum absolute atomic E-state index is 0.00922. The average Bonchev–Trinajstić information content (AvgIpc) is 1.67. The number of amides is 12. The second kappa shape index (κ2) is 34.2. The Hall–Kier alpha value is -8.74. The van der Waals surface area contributed by atoms with E-state index in [1.165, 1.54) is 59.1 Å². The van der Waals surface area contributed by atoms with Gasteiger partial charge in [0.05, 0.1) is 25.1 Å². The highest BCUT2D eigenvalue weighted by atomic mass is 19.4. The molecule has 2 saturated carbocycles. The molecular weight excluding hydrogens is 1360 g/mol. The standard InChI is InChI=1S/C71H96F8N12O12/c1-12-41(3)58-66(101)85(7)40-56(94)87(9)51-23-15-14-18-33-91(65(51)100)53(37-42-25-28-45(29-26-42)70(74,75)76)64(99)84(6)39-54(92)80-48(30-27-43-35-46(72)57(47(73)36-43)71(77,78)79)62(97)90-34-19-24-50(90)61(96)82-69(31-20-32-69)68(103)89(11)59(44-21-16-17-22-44)67(102)88(10)52(63(98)83(4)5)38-55(93)86(8)49(13-2)60(95)81-58/h14-15,25-26,28-29,35-36,41,44,48-53,58-59H,12-13,16-24,27,30-34,37-40H2,1-11H3,(H,80,92)(H,81,95)(H,82,96)/b15-14-/t41-,48+,49-,50-,51-,52-,53-,58-,59-/m0/s1. The molecule has 32 heteroatoms. The fourth-order valence-corrected chi connectivity index (χ4v) is 14.4. The molecule has 2 aromatic rings. The number of nitrogens with one attached hydrogen (secondary N) is 3. The van der Waals surface area contributed by atoms with Gasteiger partial charge in [0.25, 0.3) is 0 Å². The molecule has 3 N–H and O–H groups in total. The van der Waals surface area contributed by atoms with E-state index >= 15 is 32.8 Å². The molecule has 2 bridgehead atoms. The van der Waals surface area contributed by atoms with Gasteiger partial charge in [0, 0.05) is 75.9 Å². The van der Waals surface area contributed by atoms with Crippen molar-refractivity contribution in [3.63, 3.8) is 0 Å². The van der Waals surface area contributed by atoms with E-state index in [1.807, 2.05) is 0 Å². The lowest BCUT2D eigenvalue weighted by Gasteiger charge is -2.46. The molecule has 4 fully saturated rings. The normalized spacial score (nSPS) is 26.0. The molecule has 103 heavy (non-hydrogen) atoms. The van der Waals surface area contributed by atoms with E-state index < -0.39 is 210 Å². The third-order valence-electron chi connectivity index (χ3n) is 21.0. The Kier molecular flexibility index (Phi) is 27.1. The lowest BCUT2D eigenvalue weighted by molar-refractivity contribution is -0.157. The number of hydrogen-bond acceptors (Lipinski definition) is 12. The van der Waals surface area contributed by atoms with Gasteiger partial charge in [-0.1, -0.05) is 64.3 Å². The number of rotatable bonds is 10. The SMILES string of the molecule is CC[C@H](C)[C@@H]1NC(=O)[C@H](CC)N(C)C(=O)C[C@@H](C(=O)N(C)C)N(C)C(=O)[C@H](C2CCCC2)N(C)C(=O)C2(CCC2)NC(=O)[C@@H]2CCCN2C(=O)[C@@H](CCc2cc(F)c(C(F)(F)F)c(F)c2)NC(=O)CN(C)C(=O)[C@H](Cc2ccc(C(F)(F)F)cc2)N2CC/C=C\C[C@@H](C2=O)N(C)C(=O)CN(C)C1=O. The first-order valence-electron chi connectivity index (χ1n) is 34.9. The summed E-state index contributed by atoms with van der Waals surface area (Å²) in [6.07, 6.45) is -5.93. The van der Waals surface area contributed by atoms with Crippen LogP contribution < -0.4 is 16.0 Å². The lowest BCUT2D eigenvalue weighted by Crippen LogP contribution is -2.68. The van der Waals surface area contributed by atoms with Crippen molar-refractivity contribution in [2.24, 2.45) is 11.8 Å². The van der Waals surface area contributed by atoms with Crippen LogP contribution in [0.5, 0.6) is 0 Å². The highest BCUT2D eigenvalue weighted by molar-refractivity contribution is 6.01. The van der Waals surface area contributed by atoms with E-state index in [9.17, 15) is 59.9 Å². The minimum atomic E-state index is -5.44. The topological polar surface area (TPSA) is 270 Å². The number of benzene rings is 2. The van der Waals surface area contributed by atoms with Gasteiger partial charge in [-0.15, -0.1) is 0 Å². The zero-order valence-corrected chi connectivity index (χ0v) is 60.2. The molecule has 9 atom stereocenters. The first kappa shape index (κ1) is 81.6.